The molecule has 0 atom stereocenters. The van der Waals surface area contributed by atoms with E-state index in [1.54, 1.807) is 11.3 Å². The molecule has 1 heterocycles. The number of hydrogen-bond donors (Lipinski definition) is 1. The molecule has 1 aromatic carbocycles. The first-order valence-electron chi connectivity index (χ1n) is 5.24. The second-order valence-corrected chi connectivity index (χ2v) is 4.80. The molecule has 0 spiro atoms. The van der Waals surface area contributed by atoms with Crippen LogP contribution in [0.5, 0.6) is 0 Å². The van der Waals surface area contributed by atoms with Crippen LogP contribution in [0.2, 0.25) is 0 Å². The quantitative estimate of drug-likeness (QED) is 0.670. The van der Waals surface area contributed by atoms with Gasteiger partial charge in [0, 0.05) is 27.9 Å². The van der Waals surface area contributed by atoms with Gasteiger partial charge in [-0.1, -0.05) is 18.2 Å². The number of carbonyl (C=O) groups is 1. The molecule has 0 fully saturated rings. The molecule has 3 nitrogen and oxygen atoms in total. The van der Waals surface area contributed by atoms with Gasteiger partial charge in [-0.25, -0.2) is 0 Å². The Bertz CT molecular complexity index is 534. The molecule has 0 aliphatic carbocycles. The highest BCUT2D eigenvalue weighted by atomic mass is 32.1. The van der Waals surface area contributed by atoms with E-state index in [0.717, 1.165) is 21.0 Å². The van der Waals surface area contributed by atoms with Crippen LogP contribution < -0.4 is 5.73 Å². The molecule has 0 bridgehead atoms. The van der Waals surface area contributed by atoms with E-state index in [9.17, 15) is 4.79 Å². The lowest BCUT2D eigenvalue weighted by molar-refractivity contribution is -0.142. The highest BCUT2D eigenvalue weighted by molar-refractivity contribution is 7.15. The predicted octanol–water partition coefficient (Wildman–Crippen LogP) is 3.06. The van der Waals surface area contributed by atoms with Crippen molar-refractivity contribution < 1.29 is 9.53 Å². The smallest absolute Gasteiger partial charge is 0.302 e. The van der Waals surface area contributed by atoms with E-state index in [-0.39, 0.29) is 5.97 Å². The van der Waals surface area contributed by atoms with Crippen LogP contribution in [0.1, 0.15) is 11.8 Å². The van der Waals surface area contributed by atoms with Crippen molar-refractivity contribution >= 4 is 23.0 Å². The predicted molar refractivity (Wildman–Crippen MR) is 69.6 cm³/mol. The molecule has 0 saturated carbocycles. The van der Waals surface area contributed by atoms with Gasteiger partial charge in [0.25, 0.3) is 0 Å². The number of rotatable bonds is 3. The van der Waals surface area contributed by atoms with Gasteiger partial charge in [-0.05, 0) is 18.2 Å². The maximum Gasteiger partial charge on any atom is 0.302 e. The third-order valence-corrected chi connectivity index (χ3v) is 3.40. The molecule has 88 valence electrons. The van der Waals surface area contributed by atoms with Gasteiger partial charge in [0.1, 0.15) is 6.61 Å². The molecule has 4 heteroatoms. The number of carbonyl (C=O) groups excluding carboxylic acids is 1. The summed E-state index contributed by atoms with van der Waals surface area (Å²) in [4.78, 5) is 12.8. The first-order valence-corrected chi connectivity index (χ1v) is 6.05. The van der Waals surface area contributed by atoms with Gasteiger partial charge in [0.15, 0.2) is 0 Å². The van der Waals surface area contributed by atoms with Gasteiger partial charge >= 0.3 is 5.97 Å². The van der Waals surface area contributed by atoms with E-state index < -0.39 is 0 Å². The van der Waals surface area contributed by atoms with Crippen molar-refractivity contribution in [3.8, 4) is 10.4 Å². The lowest BCUT2D eigenvalue weighted by atomic mass is 10.1. The number of nitrogen functional groups attached to an aromatic ring is 1. The third-order valence-electron chi connectivity index (χ3n) is 2.31. The van der Waals surface area contributed by atoms with Crippen LogP contribution >= 0.6 is 11.3 Å². The van der Waals surface area contributed by atoms with E-state index in [4.69, 9.17) is 10.5 Å². The molecule has 0 aliphatic heterocycles. The summed E-state index contributed by atoms with van der Waals surface area (Å²) in [6.07, 6.45) is 0. The Hall–Kier alpha value is -1.81. The van der Waals surface area contributed by atoms with Gasteiger partial charge < -0.3 is 10.5 Å². The number of benzene rings is 1. The maximum absolute atomic E-state index is 10.7. The van der Waals surface area contributed by atoms with Crippen molar-refractivity contribution in [2.75, 3.05) is 5.73 Å². The fourth-order valence-electron chi connectivity index (χ4n) is 1.49. The topological polar surface area (TPSA) is 52.3 Å². The van der Waals surface area contributed by atoms with Crippen LogP contribution in [-0.2, 0) is 16.1 Å². The lowest BCUT2D eigenvalue weighted by Gasteiger charge is -2.01. The minimum Gasteiger partial charge on any atom is -0.460 e. The number of thiophene rings is 1. The van der Waals surface area contributed by atoms with Crippen molar-refractivity contribution in [1.29, 1.82) is 0 Å². The summed E-state index contributed by atoms with van der Waals surface area (Å²) in [5.41, 5.74) is 7.68. The highest BCUT2D eigenvalue weighted by Gasteiger charge is 2.06. The fraction of sp³-hybridized carbons (Fsp3) is 0.154. The number of hydrogen-bond acceptors (Lipinski definition) is 4. The second kappa shape index (κ2) is 5.01. The van der Waals surface area contributed by atoms with Crippen LogP contribution in [0.4, 0.5) is 5.69 Å². The molecule has 2 aromatic rings. The van der Waals surface area contributed by atoms with Gasteiger partial charge in [-0.15, -0.1) is 11.3 Å². The van der Waals surface area contributed by atoms with Crippen LogP contribution in [0.15, 0.2) is 36.4 Å². The number of para-hydroxylation sites is 1. The summed E-state index contributed by atoms with van der Waals surface area (Å²) >= 11 is 1.58. The largest absolute Gasteiger partial charge is 0.460 e. The zero-order valence-corrected chi connectivity index (χ0v) is 10.3. The van der Waals surface area contributed by atoms with E-state index in [0.29, 0.717) is 6.61 Å². The van der Waals surface area contributed by atoms with Crippen LogP contribution in [-0.4, -0.2) is 5.97 Å². The second-order valence-electron chi connectivity index (χ2n) is 3.63. The van der Waals surface area contributed by atoms with Crippen LogP contribution in [0.3, 0.4) is 0 Å². The molecular weight excluding hydrogens is 234 g/mol. The molecule has 0 aliphatic rings. The Morgan fingerprint density at radius 2 is 2.06 bits per heavy atom. The molecular formula is C13H13NO2S. The van der Waals surface area contributed by atoms with Crippen molar-refractivity contribution in [2.45, 2.75) is 13.5 Å². The summed E-state index contributed by atoms with van der Waals surface area (Å²) in [6.45, 7) is 1.73. The number of esters is 1. The standard InChI is InChI=1S/C13H13NO2S/c1-9(15)16-8-10-6-7-13(17-10)11-4-2-3-5-12(11)14/h2-7H,8,14H2,1H3. The minimum atomic E-state index is -0.265. The maximum atomic E-state index is 10.7. The van der Waals surface area contributed by atoms with Gasteiger partial charge in [-0.3, -0.25) is 4.79 Å². The summed E-state index contributed by atoms with van der Waals surface area (Å²) < 4.78 is 4.95. The fourth-order valence-corrected chi connectivity index (χ4v) is 2.46. The Morgan fingerprint density at radius 3 is 2.76 bits per heavy atom. The van der Waals surface area contributed by atoms with E-state index in [1.807, 2.05) is 36.4 Å². The monoisotopic (exact) mass is 247 g/mol. The minimum absolute atomic E-state index is 0.265. The zero-order valence-electron chi connectivity index (χ0n) is 9.47. The number of nitrogens with two attached hydrogens (primary N) is 1. The molecule has 1 aromatic heterocycles. The zero-order chi connectivity index (χ0) is 12.3. The SMILES string of the molecule is CC(=O)OCc1ccc(-c2ccccc2N)s1. The first-order chi connectivity index (χ1) is 8.16. The van der Waals surface area contributed by atoms with Crippen molar-refractivity contribution in [2.24, 2.45) is 0 Å². The molecule has 0 radical (unpaired) electrons. The Balaban J connectivity index is 2.18. The van der Waals surface area contributed by atoms with E-state index in [1.165, 1.54) is 6.92 Å². The summed E-state index contributed by atoms with van der Waals surface area (Å²) in [5.74, 6) is -0.265. The first kappa shape index (κ1) is 11.7. The van der Waals surface area contributed by atoms with Crippen molar-refractivity contribution in [3.05, 3.63) is 41.3 Å². The average molecular weight is 247 g/mol. The van der Waals surface area contributed by atoms with Gasteiger partial charge in [0.2, 0.25) is 0 Å². The van der Waals surface area contributed by atoms with Gasteiger partial charge in [0.05, 0.1) is 0 Å². The molecule has 2 rings (SSSR count). The number of ether oxygens (including phenoxy) is 1. The Labute approximate surface area is 104 Å². The summed E-state index contributed by atoms with van der Waals surface area (Å²) in [6, 6.07) is 11.7. The average Bonchev–Trinajstić information content (AvgIpc) is 2.75. The molecule has 0 amide bonds. The molecule has 17 heavy (non-hydrogen) atoms. The van der Waals surface area contributed by atoms with E-state index >= 15 is 0 Å². The van der Waals surface area contributed by atoms with Crippen LogP contribution in [0.25, 0.3) is 10.4 Å². The molecule has 2 N–H and O–H groups in total. The van der Waals surface area contributed by atoms with Crippen LogP contribution in [0, 0.1) is 0 Å². The van der Waals surface area contributed by atoms with Crippen molar-refractivity contribution in [3.63, 3.8) is 0 Å². The third kappa shape index (κ3) is 2.85. The Morgan fingerprint density at radius 1 is 1.29 bits per heavy atom. The lowest BCUT2D eigenvalue weighted by Crippen LogP contribution is -1.96. The summed E-state index contributed by atoms with van der Waals surface area (Å²) in [5, 5.41) is 0. The molecule has 0 saturated heterocycles. The van der Waals surface area contributed by atoms with Gasteiger partial charge in [-0.2, -0.15) is 0 Å². The molecule has 0 unspecified atom stereocenters. The summed E-state index contributed by atoms with van der Waals surface area (Å²) in [7, 11) is 0. The van der Waals surface area contributed by atoms with Crippen molar-refractivity contribution in [1.82, 2.24) is 0 Å². The Kier molecular flexibility index (Phi) is 3.44. The number of anilines is 1. The highest BCUT2D eigenvalue weighted by Crippen LogP contribution is 2.32. The van der Waals surface area contributed by atoms with E-state index in [2.05, 4.69) is 0 Å². The normalized spacial score (nSPS) is 10.2.